The third-order valence-electron chi connectivity index (χ3n) is 5.79. The molecule has 5 heteroatoms. The van der Waals surface area contributed by atoms with Crippen LogP contribution in [0.15, 0.2) is 48.5 Å². The second kappa shape index (κ2) is 9.54. The Hall–Kier alpha value is -2.82. The lowest BCUT2D eigenvalue weighted by Crippen LogP contribution is -2.42. The van der Waals surface area contributed by atoms with E-state index < -0.39 is 5.41 Å². The number of amides is 2. The molecule has 0 saturated carbocycles. The third-order valence-corrected chi connectivity index (χ3v) is 5.79. The van der Waals surface area contributed by atoms with E-state index in [1.54, 1.807) is 0 Å². The van der Waals surface area contributed by atoms with Gasteiger partial charge in [-0.15, -0.1) is 0 Å². The van der Waals surface area contributed by atoms with Crippen LogP contribution in [0.25, 0.3) is 0 Å². The van der Waals surface area contributed by atoms with E-state index in [4.69, 9.17) is 4.74 Å². The van der Waals surface area contributed by atoms with Crippen LogP contribution in [0.5, 0.6) is 5.75 Å². The van der Waals surface area contributed by atoms with E-state index in [-0.39, 0.29) is 17.7 Å². The van der Waals surface area contributed by atoms with E-state index in [0.29, 0.717) is 36.9 Å². The summed E-state index contributed by atoms with van der Waals surface area (Å²) in [7, 11) is 0. The smallest absolute Gasteiger partial charge is 0.236 e. The van der Waals surface area contributed by atoms with Crippen LogP contribution in [0.2, 0.25) is 0 Å². The highest BCUT2D eigenvalue weighted by atomic mass is 16.5. The Labute approximate surface area is 185 Å². The zero-order valence-corrected chi connectivity index (χ0v) is 19.3. The highest BCUT2D eigenvalue weighted by Crippen LogP contribution is 2.38. The van der Waals surface area contributed by atoms with Crippen molar-refractivity contribution in [2.75, 3.05) is 23.4 Å². The van der Waals surface area contributed by atoms with Crippen molar-refractivity contribution in [1.82, 2.24) is 0 Å². The van der Waals surface area contributed by atoms with Crippen molar-refractivity contribution in [2.24, 2.45) is 11.3 Å². The first-order valence-electron chi connectivity index (χ1n) is 11.2. The quantitative estimate of drug-likeness (QED) is 0.630. The molecule has 2 aromatic carbocycles. The first kappa shape index (κ1) is 22.9. The molecule has 0 saturated heterocycles. The van der Waals surface area contributed by atoms with Crippen LogP contribution >= 0.6 is 0 Å². The van der Waals surface area contributed by atoms with E-state index >= 15 is 0 Å². The van der Waals surface area contributed by atoms with Crippen LogP contribution < -0.4 is 15.0 Å². The minimum Gasteiger partial charge on any atom is -0.490 e. The number of anilines is 2. The highest BCUT2D eigenvalue weighted by molar-refractivity contribution is 6.01. The lowest BCUT2D eigenvalue weighted by atomic mass is 9.92. The molecule has 0 bridgehead atoms. The van der Waals surface area contributed by atoms with E-state index in [1.807, 2.05) is 74.2 Å². The van der Waals surface area contributed by atoms with Gasteiger partial charge in [0.2, 0.25) is 11.8 Å². The number of nitrogens with zero attached hydrogens (tertiary/aromatic N) is 1. The van der Waals surface area contributed by atoms with Crippen molar-refractivity contribution >= 4 is 23.2 Å². The third kappa shape index (κ3) is 5.27. The second-order valence-electron chi connectivity index (χ2n) is 9.36. The Morgan fingerprint density at radius 2 is 1.87 bits per heavy atom. The normalized spacial score (nSPS) is 16.3. The van der Waals surface area contributed by atoms with Gasteiger partial charge in [-0.3, -0.25) is 9.59 Å². The summed E-state index contributed by atoms with van der Waals surface area (Å²) in [6.45, 7) is 11.1. The topological polar surface area (TPSA) is 58.6 Å². The number of carbonyl (C=O) groups is 2. The molecule has 0 aromatic heterocycles. The second-order valence-corrected chi connectivity index (χ2v) is 9.36. The Balaban J connectivity index is 1.89. The fraction of sp³-hybridized carbons (Fsp3) is 0.462. The lowest BCUT2D eigenvalue weighted by Gasteiger charge is -2.29. The average molecular weight is 423 g/mol. The van der Waals surface area contributed by atoms with Gasteiger partial charge in [-0.05, 0) is 56.4 Å². The number of rotatable bonds is 7. The van der Waals surface area contributed by atoms with Gasteiger partial charge in [-0.25, -0.2) is 0 Å². The Morgan fingerprint density at radius 3 is 2.52 bits per heavy atom. The van der Waals surface area contributed by atoms with Crippen LogP contribution in [0.1, 0.15) is 58.9 Å². The molecule has 0 fully saturated rings. The summed E-state index contributed by atoms with van der Waals surface area (Å²) in [6, 6.07) is 15.4. The van der Waals surface area contributed by atoms with E-state index in [1.165, 1.54) is 0 Å². The molecule has 1 N–H and O–H groups in total. The molecule has 5 nitrogen and oxygen atoms in total. The van der Waals surface area contributed by atoms with Crippen molar-refractivity contribution in [3.8, 4) is 5.75 Å². The predicted molar refractivity (Wildman–Crippen MR) is 126 cm³/mol. The number of benzene rings is 2. The molecule has 0 aliphatic carbocycles. The molecule has 0 spiro atoms. The lowest BCUT2D eigenvalue weighted by molar-refractivity contribution is -0.127. The molecule has 2 amide bonds. The van der Waals surface area contributed by atoms with E-state index in [0.717, 1.165) is 17.7 Å². The predicted octanol–water partition coefficient (Wildman–Crippen LogP) is 5.62. The van der Waals surface area contributed by atoms with Gasteiger partial charge in [0.25, 0.3) is 0 Å². The summed E-state index contributed by atoms with van der Waals surface area (Å²) in [4.78, 5) is 28.1. The molecule has 1 unspecified atom stereocenters. The van der Waals surface area contributed by atoms with Gasteiger partial charge in [0.05, 0.1) is 17.0 Å². The summed E-state index contributed by atoms with van der Waals surface area (Å²) in [6.07, 6.45) is 1.60. The summed E-state index contributed by atoms with van der Waals surface area (Å²) >= 11 is 0. The van der Waals surface area contributed by atoms with Crippen molar-refractivity contribution in [3.63, 3.8) is 0 Å². The van der Waals surface area contributed by atoms with E-state index in [9.17, 15) is 9.59 Å². The molecule has 31 heavy (non-hydrogen) atoms. The van der Waals surface area contributed by atoms with Gasteiger partial charge < -0.3 is 15.0 Å². The molecule has 1 heterocycles. The van der Waals surface area contributed by atoms with Gasteiger partial charge in [0.1, 0.15) is 12.4 Å². The Morgan fingerprint density at radius 1 is 1.16 bits per heavy atom. The summed E-state index contributed by atoms with van der Waals surface area (Å²) in [5, 5.41) is 3.05. The number of hydrogen-bond donors (Lipinski definition) is 1. The molecule has 166 valence electrons. The Kier molecular flexibility index (Phi) is 7.04. The first-order chi connectivity index (χ1) is 14.7. The number of ether oxygens (including phenoxy) is 1. The monoisotopic (exact) mass is 422 g/mol. The fourth-order valence-corrected chi connectivity index (χ4v) is 3.82. The van der Waals surface area contributed by atoms with Crippen molar-refractivity contribution < 1.29 is 14.3 Å². The zero-order valence-electron chi connectivity index (χ0n) is 19.3. The number of carbonyl (C=O) groups excluding carboxylic acids is 2. The molecule has 2 aromatic rings. The van der Waals surface area contributed by atoms with Crippen molar-refractivity contribution in [2.45, 2.75) is 53.4 Å². The van der Waals surface area contributed by atoms with Gasteiger partial charge in [-0.1, -0.05) is 51.1 Å². The summed E-state index contributed by atoms with van der Waals surface area (Å²) < 4.78 is 5.99. The Bertz CT molecular complexity index is 922. The van der Waals surface area contributed by atoms with Crippen LogP contribution in [0.3, 0.4) is 0 Å². The number of nitrogens with one attached hydrogen (secondary N) is 1. The molecular weight excluding hydrogens is 388 g/mol. The average Bonchev–Trinajstić information content (AvgIpc) is 2.82. The molecule has 1 aliphatic rings. The van der Waals surface area contributed by atoms with Crippen molar-refractivity contribution in [1.29, 1.82) is 0 Å². The van der Waals surface area contributed by atoms with Crippen molar-refractivity contribution in [3.05, 3.63) is 54.1 Å². The molecular formula is C26H34N2O3. The molecule has 0 radical (unpaired) electrons. The van der Waals surface area contributed by atoms with Crippen LogP contribution in [-0.4, -0.2) is 25.0 Å². The molecule has 3 rings (SSSR count). The van der Waals surface area contributed by atoms with Gasteiger partial charge in [0.15, 0.2) is 0 Å². The summed E-state index contributed by atoms with van der Waals surface area (Å²) in [5.74, 6) is 0.918. The van der Waals surface area contributed by atoms with Gasteiger partial charge >= 0.3 is 0 Å². The molecule has 1 aliphatic heterocycles. The number of hydrogen-bond acceptors (Lipinski definition) is 3. The minimum atomic E-state index is -0.611. The maximum atomic E-state index is 13.3. The molecule has 1 atom stereocenters. The van der Waals surface area contributed by atoms with Gasteiger partial charge in [-0.2, -0.15) is 0 Å². The maximum absolute atomic E-state index is 13.3. The maximum Gasteiger partial charge on any atom is 0.236 e. The zero-order chi connectivity index (χ0) is 22.6. The number of fused-ring (bicyclic) bond motifs is 1. The SMILES string of the molecule is CCC(C(=O)Nc1ccc2c(c1)N(CCC(C)C)C(=O)C(C)(C)CO2)c1ccccc1. The summed E-state index contributed by atoms with van der Waals surface area (Å²) in [5.41, 5.74) is 1.78. The standard InChI is InChI=1S/C26H34N2O3/c1-6-21(19-10-8-7-9-11-19)24(29)27-20-12-13-23-22(16-20)28(15-14-18(2)3)25(30)26(4,5)17-31-23/h7-13,16,18,21H,6,14-15,17H2,1-5H3,(H,27,29). The highest BCUT2D eigenvalue weighted by Gasteiger charge is 2.37. The van der Waals surface area contributed by atoms with Crippen LogP contribution in [0, 0.1) is 11.3 Å². The first-order valence-corrected chi connectivity index (χ1v) is 11.2. The fourth-order valence-electron chi connectivity index (χ4n) is 3.82. The van der Waals surface area contributed by atoms with Gasteiger partial charge in [0, 0.05) is 12.2 Å². The largest absolute Gasteiger partial charge is 0.490 e. The van der Waals surface area contributed by atoms with Crippen LogP contribution in [-0.2, 0) is 9.59 Å². The van der Waals surface area contributed by atoms with E-state index in [2.05, 4.69) is 19.2 Å². The van der Waals surface area contributed by atoms with Crippen LogP contribution in [0.4, 0.5) is 11.4 Å². The minimum absolute atomic E-state index is 0.0473.